The third-order valence-electron chi connectivity index (χ3n) is 2.89. The normalized spacial score (nSPS) is 26.9. The van der Waals surface area contributed by atoms with Crippen LogP contribution in [0, 0.1) is 11.8 Å². The Bertz CT molecular complexity index is 312. The van der Waals surface area contributed by atoms with E-state index in [1.807, 2.05) is 4.90 Å². The van der Waals surface area contributed by atoms with E-state index < -0.39 is 0 Å². The first-order valence-corrected chi connectivity index (χ1v) is 4.83. The van der Waals surface area contributed by atoms with Gasteiger partial charge in [-0.15, -0.1) is 0 Å². The lowest BCUT2D eigenvalue weighted by Gasteiger charge is -2.13. The first kappa shape index (κ1) is 9.18. The van der Waals surface area contributed by atoms with Crippen molar-refractivity contribution in [2.24, 2.45) is 11.8 Å². The summed E-state index contributed by atoms with van der Waals surface area (Å²) in [6.45, 7) is 5.97. The van der Waals surface area contributed by atoms with Gasteiger partial charge < -0.3 is 4.90 Å². The fourth-order valence-corrected chi connectivity index (χ4v) is 1.75. The highest BCUT2D eigenvalue weighted by Gasteiger charge is 2.30. The standard InChI is InChI=1S/C9H14N4O/c1-6-3-13(4-7(6)2)9(14)8-10-5-11-12-8/h5-7H,3-4H2,1-2H3,(H,10,11,12). The van der Waals surface area contributed by atoms with Gasteiger partial charge in [0.2, 0.25) is 5.82 Å². The van der Waals surface area contributed by atoms with Crippen LogP contribution in [0.15, 0.2) is 6.33 Å². The molecule has 5 nitrogen and oxygen atoms in total. The average Bonchev–Trinajstić information content (AvgIpc) is 2.76. The third-order valence-corrected chi connectivity index (χ3v) is 2.89. The molecule has 0 bridgehead atoms. The number of carbonyl (C=O) groups is 1. The summed E-state index contributed by atoms with van der Waals surface area (Å²) < 4.78 is 0. The third kappa shape index (κ3) is 1.49. The van der Waals surface area contributed by atoms with Crippen molar-refractivity contribution in [2.45, 2.75) is 13.8 Å². The highest BCUT2D eigenvalue weighted by molar-refractivity contribution is 5.90. The zero-order valence-electron chi connectivity index (χ0n) is 8.40. The minimum atomic E-state index is -0.0429. The molecule has 0 spiro atoms. The van der Waals surface area contributed by atoms with Crippen LogP contribution < -0.4 is 0 Å². The molecule has 2 heterocycles. The Morgan fingerprint density at radius 2 is 2.14 bits per heavy atom. The van der Waals surface area contributed by atoms with E-state index in [1.54, 1.807) is 0 Å². The molecule has 1 fully saturated rings. The predicted octanol–water partition coefficient (Wildman–Crippen LogP) is 0.533. The van der Waals surface area contributed by atoms with Crippen LogP contribution in [-0.4, -0.2) is 39.1 Å². The minimum absolute atomic E-state index is 0.0429. The molecule has 0 aromatic carbocycles. The van der Waals surface area contributed by atoms with Gasteiger partial charge >= 0.3 is 0 Å². The van der Waals surface area contributed by atoms with Crippen LogP contribution >= 0.6 is 0 Å². The summed E-state index contributed by atoms with van der Waals surface area (Å²) in [5.41, 5.74) is 0. The molecule has 0 radical (unpaired) electrons. The Morgan fingerprint density at radius 1 is 1.50 bits per heavy atom. The second kappa shape index (κ2) is 3.40. The van der Waals surface area contributed by atoms with E-state index >= 15 is 0 Å². The first-order chi connectivity index (χ1) is 6.68. The summed E-state index contributed by atoms with van der Waals surface area (Å²) in [4.78, 5) is 17.5. The molecular formula is C9H14N4O. The molecule has 1 aromatic heterocycles. The molecule has 2 atom stereocenters. The minimum Gasteiger partial charge on any atom is -0.335 e. The summed E-state index contributed by atoms with van der Waals surface area (Å²) in [5, 5.41) is 6.26. The summed E-state index contributed by atoms with van der Waals surface area (Å²) in [6.07, 6.45) is 1.36. The van der Waals surface area contributed by atoms with Gasteiger partial charge in [-0.25, -0.2) is 4.98 Å². The van der Waals surface area contributed by atoms with Gasteiger partial charge in [0, 0.05) is 13.1 Å². The number of aromatic nitrogens is 3. The summed E-state index contributed by atoms with van der Waals surface area (Å²) in [5.74, 6) is 1.44. The zero-order valence-corrected chi connectivity index (χ0v) is 8.40. The van der Waals surface area contributed by atoms with Crippen LogP contribution in [0.4, 0.5) is 0 Å². The van der Waals surface area contributed by atoms with Crippen molar-refractivity contribution in [1.82, 2.24) is 20.1 Å². The van der Waals surface area contributed by atoms with E-state index in [1.165, 1.54) is 6.33 Å². The lowest BCUT2D eigenvalue weighted by atomic mass is 10.0. The highest BCUT2D eigenvalue weighted by atomic mass is 16.2. The molecule has 2 rings (SSSR count). The van der Waals surface area contributed by atoms with Gasteiger partial charge in [0.25, 0.3) is 5.91 Å². The number of nitrogens with one attached hydrogen (secondary N) is 1. The number of aromatic amines is 1. The molecular weight excluding hydrogens is 180 g/mol. The summed E-state index contributed by atoms with van der Waals surface area (Å²) >= 11 is 0. The summed E-state index contributed by atoms with van der Waals surface area (Å²) in [6, 6.07) is 0. The van der Waals surface area contributed by atoms with E-state index in [0.29, 0.717) is 17.7 Å². The number of hydrogen-bond donors (Lipinski definition) is 1. The largest absolute Gasteiger partial charge is 0.335 e. The number of rotatable bonds is 1. The number of H-pyrrole nitrogens is 1. The van der Waals surface area contributed by atoms with Gasteiger partial charge in [0.1, 0.15) is 6.33 Å². The molecule has 1 N–H and O–H groups in total. The predicted molar refractivity (Wildman–Crippen MR) is 50.6 cm³/mol. The quantitative estimate of drug-likeness (QED) is 0.709. The van der Waals surface area contributed by atoms with E-state index in [0.717, 1.165) is 13.1 Å². The molecule has 76 valence electrons. The van der Waals surface area contributed by atoms with E-state index in [2.05, 4.69) is 29.0 Å². The van der Waals surface area contributed by atoms with Gasteiger partial charge in [-0.2, -0.15) is 5.10 Å². The Balaban J connectivity index is 2.07. The summed E-state index contributed by atoms with van der Waals surface area (Å²) in [7, 11) is 0. The molecule has 2 unspecified atom stereocenters. The number of carbonyl (C=O) groups excluding carboxylic acids is 1. The molecule has 1 saturated heterocycles. The zero-order chi connectivity index (χ0) is 10.1. The molecule has 1 aromatic rings. The maximum Gasteiger partial charge on any atom is 0.291 e. The SMILES string of the molecule is CC1CN(C(=O)c2ncn[nH]2)CC1C. The van der Waals surface area contributed by atoms with Gasteiger partial charge in [-0.05, 0) is 11.8 Å². The Morgan fingerprint density at radius 3 is 2.64 bits per heavy atom. The van der Waals surface area contributed by atoms with Crippen LogP contribution in [0.5, 0.6) is 0 Å². The lowest BCUT2D eigenvalue weighted by Crippen LogP contribution is -2.29. The van der Waals surface area contributed by atoms with Crippen LogP contribution in [0.1, 0.15) is 24.5 Å². The van der Waals surface area contributed by atoms with Crippen molar-refractivity contribution < 1.29 is 4.79 Å². The van der Waals surface area contributed by atoms with Gasteiger partial charge in [-0.3, -0.25) is 9.89 Å². The first-order valence-electron chi connectivity index (χ1n) is 4.83. The molecule has 1 amide bonds. The second-order valence-corrected chi connectivity index (χ2v) is 4.00. The van der Waals surface area contributed by atoms with Crippen molar-refractivity contribution in [1.29, 1.82) is 0 Å². The lowest BCUT2D eigenvalue weighted by molar-refractivity contribution is 0.0773. The fourth-order valence-electron chi connectivity index (χ4n) is 1.75. The Labute approximate surface area is 82.5 Å². The fraction of sp³-hybridized carbons (Fsp3) is 0.667. The monoisotopic (exact) mass is 194 g/mol. The number of amides is 1. The molecule has 14 heavy (non-hydrogen) atoms. The average molecular weight is 194 g/mol. The van der Waals surface area contributed by atoms with E-state index in [-0.39, 0.29) is 5.91 Å². The smallest absolute Gasteiger partial charge is 0.291 e. The molecule has 1 aliphatic rings. The Kier molecular flexibility index (Phi) is 2.23. The van der Waals surface area contributed by atoms with Gasteiger partial charge in [-0.1, -0.05) is 13.8 Å². The number of nitrogens with zero attached hydrogens (tertiary/aromatic N) is 3. The van der Waals surface area contributed by atoms with E-state index in [4.69, 9.17) is 0 Å². The maximum atomic E-state index is 11.8. The molecule has 0 aliphatic carbocycles. The van der Waals surface area contributed by atoms with Crippen LogP contribution in [-0.2, 0) is 0 Å². The van der Waals surface area contributed by atoms with E-state index in [9.17, 15) is 4.79 Å². The maximum absolute atomic E-state index is 11.8. The van der Waals surface area contributed by atoms with Crippen molar-refractivity contribution in [3.8, 4) is 0 Å². The number of hydrogen-bond acceptors (Lipinski definition) is 3. The topological polar surface area (TPSA) is 61.9 Å². The molecule has 5 heteroatoms. The van der Waals surface area contributed by atoms with Crippen molar-refractivity contribution in [3.05, 3.63) is 12.2 Å². The van der Waals surface area contributed by atoms with Crippen molar-refractivity contribution in [2.75, 3.05) is 13.1 Å². The van der Waals surface area contributed by atoms with Crippen LogP contribution in [0.3, 0.4) is 0 Å². The second-order valence-electron chi connectivity index (χ2n) is 4.00. The molecule has 0 saturated carbocycles. The van der Waals surface area contributed by atoms with Gasteiger partial charge in [0.05, 0.1) is 0 Å². The van der Waals surface area contributed by atoms with Crippen LogP contribution in [0.25, 0.3) is 0 Å². The number of likely N-dealkylation sites (tertiary alicyclic amines) is 1. The van der Waals surface area contributed by atoms with Gasteiger partial charge in [0.15, 0.2) is 0 Å². The molecule has 1 aliphatic heterocycles. The van der Waals surface area contributed by atoms with Crippen molar-refractivity contribution in [3.63, 3.8) is 0 Å². The van der Waals surface area contributed by atoms with Crippen LogP contribution in [0.2, 0.25) is 0 Å². The highest BCUT2D eigenvalue weighted by Crippen LogP contribution is 2.22. The Hall–Kier alpha value is -1.39. The van der Waals surface area contributed by atoms with Crippen molar-refractivity contribution >= 4 is 5.91 Å².